The van der Waals surface area contributed by atoms with E-state index in [1.165, 1.54) is 117 Å². The van der Waals surface area contributed by atoms with Gasteiger partial charge < -0.3 is 14.0 Å². The molecule has 2 aromatic heterocycles. The van der Waals surface area contributed by atoms with E-state index in [0.717, 1.165) is 17.1 Å². The zero-order valence-corrected chi connectivity index (χ0v) is 45.6. The number of hydrogen-bond donors (Lipinski definition) is 0. The molecule has 4 heteroatoms. The second-order valence-corrected chi connectivity index (χ2v) is 27.1. The number of aromatic nitrogens is 2. The second kappa shape index (κ2) is 14.2. The van der Waals surface area contributed by atoms with Gasteiger partial charge in [-0.3, -0.25) is 0 Å². The molecule has 0 amide bonds. The van der Waals surface area contributed by atoms with Gasteiger partial charge in [0.05, 0.1) is 17.1 Å². The average Bonchev–Trinajstić information content (AvgIpc) is 3.99. The molecule has 2 aliphatic carbocycles. The molecule has 360 valence electrons. The molecule has 0 saturated heterocycles. The van der Waals surface area contributed by atoms with E-state index in [4.69, 9.17) is 0 Å². The van der Waals surface area contributed by atoms with E-state index in [1.54, 1.807) is 0 Å². The molecule has 4 aliphatic rings. The summed E-state index contributed by atoms with van der Waals surface area (Å²) in [7, 11) is 0. The molecule has 0 unspecified atom stereocenters. The van der Waals surface area contributed by atoms with Crippen LogP contribution in [0.5, 0.6) is 0 Å². The largest absolute Gasteiger partial charge is 0.310 e. The van der Waals surface area contributed by atoms with E-state index in [2.05, 4.69) is 258 Å². The zero-order valence-electron chi connectivity index (χ0n) is 45.6. The summed E-state index contributed by atoms with van der Waals surface area (Å²) in [4.78, 5) is 2.54. The van der Waals surface area contributed by atoms with Gasteiger partial charge in [0, 0.05) is 66.5 Å². The highest BCUT2D eigenvalue weighted by atomic mass is 15.2. The van der Waals surface area contributed by atoms with Gasteiger partial charge in [0.15, 0.2) is 0 Å². The first kappa shape index (κ1) is 45.4. The van der Waals surface area contributed by atoms with E-state index < -0.39 is 0 Å². The summed E-state index contributed by atoms with van der Waals surface area (Å²) in [6.07, 6.45) is 0. The van der Waals surface area contributed by atoms with E-state index in [9.17, 15) is 0 Å². The Morgan fingerprint density at radius 3 is 1.12 bits per heavy atom. The lowest BCUT2D eigenvalue weighted by molar-refractivity contribution is 0.590. The molecule has 4 heterocycles. The van der Waals surface area contributed by atoms with Crippen LogP contribution >= 0.6 is 0 Å². The summed E-state index contributed by atoms with van der Waals surface area (Å²) in [5.41, 5.74) is 29.0. The smallest absolute Gasteiger partial charge is 0.252 e. The highest BCUT2D eigenvalue weighted by Gasteiger charge is 2.50. The number of nitrogens with zero attached hydrogens (tertiary/aromatic N) is 3. The first-order valence-electron chi connectivity index (χ1n) is 26.6. The Kier molecular flexibility index (Phi) is 8.92. The SMILES string of the molecule is CC(C)(C)c1ccc(N(c2ccc(C(C)(C)C)cc2)c2cc3c4c(c2)-n2c5c(c6cc(C(C)(C)C)cc(c62)B4c2cc(C(C)(C)C)cc4c6c(n-3c24)-c2ccccc2C6(C)C)C(C)(C)c2ccccc2-5)cc1. The molecule has 13 rings (SSSR count). The highest BCUT2D eigenvalue weighted by molar-refractivity contribution is 7.00. The number of benzene rings is 7. The Hall–Kier alpha value is -6.52. The monoisotopic (exact) mass is 940 g/mol. The first-order chi connectivity index (χ1) is 33.8. The van der Waals surface area contributed by atoms with Crippen molar-refractivity contribution in [3.63, 3.8) is 0 Å². The summed E-state index contributed by atoms with van der Waals surface area (Å²) in [5.74, 6) is 0. The second-order valence-electron chi connectivity index (χ2n) is 27.1. The molecular formula is C68H70BN3. The van der Waals surface area contributed by atoms with Gasteiger partial charge in [-0.15, -0.1) is 0 Å². The van der Waals surface area contributed by atoms with Crippen LogP contribution < -0.4 is 21.3 Å². The van der Waals surface area contributed by atoms with Gasteiger partial charge in [-0.1, -0.05) is 196 Å². The van der Waals surface area contributed by atoms with Crippen LogP contribution in [0.3, 0.4) is 0 Å². The molecule has 3 nitrogen and oxygen atoms in total. The Morgan fingerprint density at radius 1 is 0.403 bits per heavy atom. The van der Waals surface area contributed by atoms with Crippen LogP contribution in [0.1, 0.15) is 155 Å². The van der Waals surface area contributed by atoms with Crippen molar-refractivity contribution < 1.29 is 0 Å². The molecule has 9 aromatic rings. The van der Waals surface area contributed by atoms with Crippen molar-refractivity contribution in [3.8, 4) is 33.9 Å². The van der Waals surface area contributed by atoms with Crippen LogP contribution in [0.2, 0.25) is 0 Å². The van der Waals surface area contributed by atoms with E-state index >= 15 is 0 Å². The van der Waals surface area contributed by atoms with Gasteiger partial charge in [-0.2, -0.15) is 0 Å². The molecule has 0 atom stereocenters. The Bertz CT molecular complexity index is 3570. The molecule has 0 saturated carbocycles. The predicted octanol–water partition coefficient (Wildman–Crippen LogP) is 16.0. The van der Waals surface area contributed by atoms with Crippen molar-refractivity contribution in [2.75, 3.05) is 4.90 Å². The van der Waals surface area contributed by atoms with Crippen LogP contribution in [0.4, 0.5) is 17.1 Å². The fraction of sp³-hybridized carbons (Fsp3) is 0.324. The number of fused-ring (bicyclic) bond motifs is 14. The summed E-state index contributed by atoms with van der Waals surface area (Å²) in [5, 5.41) is 2.78. The van der Waals surface area contributed by atoms with Crippen LogP contribution in [0, 0.1) is 0 Å². The topological polar surface area (TPSA) is 13.1 Å². The van der Waals surface area contributed by atoms with Gasteiger partial charge in [-0.25, -0.2) is 0 Å². The average molecular weight is 940 g/mol. The van der Waals surface area contributed by atoms with Crippen molar-refractivity contribution in [2.24, 2.45) is 0 Å². The van der Waals surface area contributed by atoms with Gasteiger partial charge in [0.2, 0.25) is 0 Å². The fourth-order valence-corrected chi connectivity index (χ4v) is 13.7. The number of rotatable bonds is 3. The lowest BCUT2D eigenvalue weighted by Crippen LogP contribution is -2.60. The van der Waals surface area contributed by atoms with Crippen LogP contribution in [0.25, 0.3) is 55.7 Å². The van der Waals surface area contributed by atoms with Crippen molar-refractivity contribution in [3.05, 3.63) is 178 Å². The maximum atomic E-state index is 2.75. The molecule has 7 aromatic carbocycles. The van der Waals surface area contributed by atoms with E-state index in [0.29, 0.717) is 0 Å². The third-order valence-electron chi connectivity index (χ3n) is 17.6. The summed E-state index contributed by atoms with van der Waals surface area (Å²) in [6, 6.07) is 52.9. The van der Waals surface area contributed by atoms with Crippen molar-refractivity contribution in [1.82, 2.24) is 9.13 Å². The van der Waals surface area contributed by atoms with Gasteiger partial charge in [0.25, 0.3) is 6.71 Å². The van der Waals surface area contributed by atoms with Crippen molar-refractivity contribution >= 4 is 62.0 Å². The molecule has 0 spiro atoms. The minimum Gasteiger partial charge on any atom is -0.310 e. The van der Waals surface area contributed by atoms with Gasteiger partial charge >= 0.3 is 0 Å². The highest BCUT2D eigenvalue weighted by Crippen LogP contribution is 2.58. The quantitative estimate of drug-likeness (QED) is 0.161. The molecule has 2 aliphatic heterocycles. The van der Waals surface area contributed by atoms with Crippen LogP contribution in [0.15, 0.2) is 133 Å². The first-order valence-corrected chi connectivity index (χ1v) is 26.6. The third-order valence-corrected chi connectivity index (χ3v) is 17.6. The van der Waals surface area contributed by atoms with E-state index in [1.807, 2.05) is 0 Å². The third kappa shape index (κ3) is 5.99. The van der Waals surface area contributed by atoms with Crippen molar-refractivity contribution in [2.45, 2.75) is 143 Å². The van der Waals surface area contributed by atoms with E-state index in [-0.39, 0.29) is 39.2 Å². The number of hydrogen-bond acceptors (Lipinski definition) is 1. The summed E-state index contributed by atoms with van der Waals surface area (Å²) in [6.45, 7) is 38.1. The normalized spacial score (nSPS) is 15.7. The molecule has 0 fully saturated rings. The Labute approximate surface area is 429 Å². The lowest BCUT2D eigenvalue weighted by atomic mass is 9.33. The van der Waals surface area contributed by atoms with Gasteiger partial charge in [-0.05, 0) is 131 Å². The maximum absolute atomic E-state index is 2.75. The summed E-state index contributed by atoms with van der Waals surface area (Å²) >= 11 is 0. The fourth-order valence-electron chi connectivity index (χ4n) is 13.7. The van der Waals surface area contributed by atoms with Crippen LogP contribution in [-0.2, 0) is 32.5 Å². The molecule has 0 N–H and O–H groups in total. The molecular weight excluding hydrogens is 870 g/mol. The van der Waals surface area contributed by atoms with Gasteiger partial charge in [0.1, 0.15) is 0 Å². The van der Waals surface area contributed by atoms with Crippen molar-refractivity contribution in [1.29, 1.82) is 0 Å². The molecule has 0 bridgehead atoms. The molecule has 72 heavy (non-hydrogen) atoms. The van der Waals surface area contributed by atoms with Crippen LogP contribution in [-0.4, -0.2) is 15.8 Å². The summed E-state index contributed by atoms with van der Waals surface area (Å²) < 4.78 is 5.50. The Morgan fingerprint density at radius 2 is 0.764 bits per heavy atom. The minimum atomic E-state index is -0.208. The lowest BCUT2D eigenvalue weighted by Gasteiger charge is -2.38. The zero-order chi connectivity index (χ0) is 50.7. The number of anilines is 3. The standard InChI is InChI=1S/C68H70BN3/c1-63(2,3)39-25-29-43(30-26-39)70(44-31-27-40(28-32-44)64(4,5)6)45-37-54-58-55(38-45)72-60-49(57-62(72)47-22-18-20-24-51(47)68(57,15)16)34-42(66(10,11)12)36-53(60)69(58)52-35-41(65(7,8)9)33-48-56-61(71(54)59(48)52)46-21-17-19-23-50(46)67(56,13)14/h17-38H,1-16H3. The predicted molar refractivity (Wildman–Crippen MR) is 309 cm³/mol. The molecule has 0 radical (unpaired) electrons. The minimum absolute atomic E-state index is 0.00556. The Balaban J connectivity index is 1.24. The maximum Gasteiger partial charge on any atom is 0.252 e.